The lowest BCUT2D eigenvalue weighted by Gasteiger charge is -2.21. The van der Waals surface area contributed by atoms with Gasteiger partial charge in [0.15, 0.2) is 0 Å². The van der Waals surface area contributed by atoms with Crippen molar-refractivity contribution < 1.29 is 18.7 Å². The number of thiophene rings is 1. The Balaban J connectivity index is 0.000000177. The Morgan fingerprint density at radius 3 is 2.73 bits per heavy atom. The van der Waals surface area contributed by atoms with E-state index in [9.17, 15) is 14.0 Å². The molecule has 8 heteroatoms. The van der Waals surface area contributed by atoms with Crippen LogP contribution in [0.3, 0.4) is 0 Å². The van der Waals surface area contributed by atoms with E-state index in [-0.39, 0.29) is 30.3 Å². The normalized spacial score (nSPS) is 21.3. The van der Waals surface area contributed by atoms with Crippen LogP contribution < -0.4 is 10.6 Å². The SMILES string of the molecule is COC(=O)c1cc(-c2ccc(C)c(F)c2)cs1.N#CCNC(=O)[C@H]1N[C@@H]2CCC1C2. The first-order valence-electron chi connectivity index (χ1n) is 9.77. The molecule has 2 N–H and O–H groups in total. The highest BCUT2D eigenvalue weighted by molar-refractivity contribution is 7.12. The van der Waals surface area contributed by atoms with Crippen LogP contribution in [0.15, 0.2) is 29.6 Å². The summed E-state index contributed by atoms with van der Waals surface area (Å²) in [5.41, 5.74) is 2.20. The molecule has 1 aromatic heterocycles. The fourth-order valence-electron chi connectivity index (χ4n) is 3.85. The van der Waals surface area contributed by atoms with Gasteiger partial charge >= 0.3 is 5.97 Å². The van der Waals surface area contributed by atoms with Crippen LogP contribution in [-0.2, 0) is 9.53 Å². The topological polar surface area (TPSA) is 91.2 Å². The molecule has 1 aromatic carbocycles. The highest BCUT2D eigenvalue weighted by Gasteiger charge is 2.42. The van der Waals surface area contributed by atoms with Crippen molar-refractivity contribution in [3.8, 4) is 17.2 Å². The number of methoxy groups -OCH3 is 1. The van der Waals surface area contributed by atoms with Crippen molar-refractivity contribution in [2.45, 2.75) is 38.3 Å². The van der Waals surface area contributed by atoms with Crippen LogP contribution in [0, 0.1) is 30.0 Å². The van der Waals surface area contributed by atoms with Crippen molar-refractivity contribution in [1.82, 2.24) is 10.6 Å². The Bertz CT molecular complexity index is 969. The van der Waals surface area contributed by atoms with Gasteiger partial charge in [0.25, 0.3) is 0 Å². The van der Waals surface area contributed by atoms with Gasteiger partial charge in [0, 0.05) is 6.04 Å². The number of esters is 1. The van der Waals surface area contributed by atoms with Gasteiger partial charge in [-0.3, -0.25) is 4.79 Å². The summed E-state index contributed by atoms with van der Waals surface area (Å²) >= 11 is 1.29. The van der Waals surface area contributed by atoms with Crippen molar-refractivity contribution in [2.75, 3.05) is 13.7 Å². The van der Waals surface area contributed by atoms with E-state index in [0.717, 1.165) is 24.0 Å². The Morgan fingerprint density at radius 1 is 1.33 bits per heavy atom. The molecule has 4 rings (SSSR count). The summed E-state index contributed by atoms with van der Waals surface area (Å²) in [5.74, 6) is -0.111. The van der Waals surface area contributed by atoms with Crippen molar-refractivity contribution in [3.63, 3.8) is 0 Å². The molecule has 1 saturated carbocycles. The molecular formula is C22H24FN3O3S. The van der Waals surface area contributed by atoms with E-state index >= 15 is 0 Å². The maximum absolute atomic E-state index is 13.4. The molecule has 2 fully saturated rings. The molecule has 0 radical (unpaired) electrons. The number of halogens is 1. The number of aryl methyl sites for hydroxylation is 1. The predicted octanol–water partition coefficient (Wildman–Crippen LogP) is 3.42. The van der Waals surface area contributed by atoms with Crippen molar-refractivity contribution in [3.05, 3.63) is 45.9 Å². The Morgan fingerprint density at radius 2 is 2.13 bits per heavy atom. The van der Waals surface area contributed by atoms with E-state index < -0.39 is 0 Å². The highest BCUT2D eigenvalue weighted by atomic mass is 32.1. The van der Waals surface area contributed by atoms with Gasteiger partial charge in [-0.1, -0.05) is 12.1 Å². The molecule has 30 heavy (non-hydrogen) atoms. The lowest BCUT2D eigenvalue weighted by molar-refractivity contribution is -0.123. The zero-order valence-corrected chi connectivity index (χ0v) is 17.7. The molecule has 0 spiro atoms. The second-order valence-electron chi connectivity index (χ2n) is 7.45. The average Bonchev–Trinajstić information content (AvgIpc) is 3.51. The van der Waals surface area contributed by atoms with Gasteiger partial charge in [-0.05, 0) is 66.3 Å². The van der Waals surface area contributed by atoms with Crippen LogP contribution in [0.1, 0.15) is 34.5 Å². The largest absolute Gasteiger partial charge is 0.465 e. The van der Waals surface area contributed by atoms with Crippen LogP contribution in [0.25, 0.3) is 11.1 Å². The number of carbonyl (C=O) groups excluding carboxylic acids is 2. The molecule has 2 aliphatic rings. The van der Waals surface area contributed by atoms with Gasteiger partial charge in [-0.15, -0.1) is 11.3 Å². The number of carbonyl (C=O) groups is 2. The summed E-state index contributed by atoms with van der Waals surface area (Å²) in [6, 6.07) is 9.15. The van der Waals surface area contributed by atoms with Crippen LogP contribution >= 0.6 is 11.3 Å². The van der Waals surface area contributed by atoms with E-state index in [4.69, 9.17) is 5.26 Å². The van der Waals surface area contributed by atoms with Crippen LogP contribution in [-0.4, -0.2) is 37.6 Å². The second kappa shape index (κ2) is 9.83. The number of hydrogen-bond acceptors (Lipinski definition) is 6. The summed E-state index contributed by atoms with van der Waals surface area (Å²) in [5, 5.41) is 16.0. The van der Waals surface area contributed by atoms with Crippen LogP contribution in [0.4, 0.5) is 4.39 Å². The fraction of sp³-hybridized carbons (Fsp3) is 0.409. The third kappa shape index (κ3) is 5.04. The lowest BCUT2D eigenvalue weighted by atomic mass is 9.99. The van der Waals surface area contributed by atoms with E-state index in [2.05, 4.69) is 15.4 Å². The highest BCUT2D eigenvalue weighted by Crippen LogP contribution is 2.35. The van der Waals surface area contributed by atoms with Gasteiger partial charge in [0.2, 0.25) is 5.91 Å². The number of ether oxygens (including phenoxy) is 1. The Kier molecular flexibility index (Phi) is 7.19. The van der Waals surface area contributed by atoms with E-state index in [1.54, 1.807) is 19.1 Å². The molecule has 6 nitrogen and oxygen atoms in total. The lowest BCUT2D eigenvalue weighted by Crippen LogP contribution is -2.47. The third-order valence-corrected chi connectivity index (χ3v) is 6.39. The zero-order valence-electron chi connectivity index (χ0n) is 16.9. The Labute approximate surface area is 179 Å². The van der Waals surface area contributed by atoms with Gasteiger partial charge in [0.05, 0.1) is 19.2 Å². The number of nitriles is 1. The first-order chi connectivity index (χ1) is 14.4. The first kappa shape index (κ1) is 21.9. The fourth-order valence-corrected chi connectivity index (χ4v) is 4.69. The first-order valence-corrected chi connectivity index (χ1v) is 10.6. The molecule has 158 valence electrons. The monoisotopic (exact) mass is 429 g/mol. The van der Waals surface area contributed by atoms with Crippen LogP contribution in [0.2, 0.25) is 0 Å². The minimum atomic E-state index is -0.367. The van der Waals surface area contributed by atoms with Crippen molar-refractivity contribution in [2.24, 2.45) is 5.92 Å². The molecular weight excluding hydrogens is 405 g/mol. The number of fused-ring (bicyclic) bond motifs is 2. The number of benzene rings is 1. The second-order valence-corrected chi connectivity index (χ2v) is 8.36. The number of nitrogens with one attached hydrogen (secondary N) is 2. The molecule has 2 heterocycles. The van der Waals surface area contributed by atoms with Crippen molar-refractivity contribution >= 4 is 23.2 Å². The molecule has 1 amide bonds. The molecule has 1 aliphatic heterocycles. The van der Waals surface area contributed by atoms with E-state index in [0.29, 0.717) is 22.4 Å². The van der Waals surface area contributed by atoms with E-state index in [1.165, 1.54) is 30.9 Å². The summed E-state index contributed by atoms with van der Waals surface area (Å²) in [7, 11) is 1.34. The molecule has 2 aromatic rings. The maximum Gasteiger partial charge on any atom is 0.348 e. The Hall–Kier alpha value is -2.76. The summed E-state index contributed by atoms with van der Waals surface area (Å²) in [4.78, 5) is 23.3. The quantitative estimate of drug-likeness (QED) is 0.574. The average molecular weight is 430 g/mol. The van der Waals surface area contributed by atoms with Gasteiger partial charge in [0.1, 0.15) is 17.2 Å². The summed E-state index contributed by atoms with van der Waals surface area (Å²) < 4.78 is 18.0. The van der Waals surface area contributed by atoms with Gasteiger partial charge < -0.3 is 15.4 Å². The molecule has 1 unspecified atom stereocenters. The van der Waals surface area contributed by atoms with Crippen LogP contribution in [0.5, 0.6) is 0 Å². The number of amides is 1. The van der Waals surface area contributed by atoms with Gasteiger partial charge in [-0.25, -0.2) is 9.18 Å². The predicted molar refractivity (Wildman–Crippen MR) is 112 cm³/mol. The number of piperidine rings is 1. The molecule has 3 atom stereocenters. The minimum absolute atomic E-state index is 0.00579. The zero-order chi connectivity index (χ0) is 21.7. The standard InChI is InChI=1S/C13H11FO2S.C9H13N3O/c1-8-3-4-9(5-11(8)14)10-6-12(17-7-10)13(15)16-2;10-3-4-11-9(13)8-6-1-2-7(5-6)12-8/h3-7H,1-2H3;6-8,12H,1-2,4-5H2,(H,11,13)/t;6?,7-,8+/m.1/s1. The minimum Gasteiger partial charge on any atom is -0.465 e. The molecule has 1 saturated heterocycles. The summed E-state index contributed by atoms with van der Waals surface area (Å²) in [6.07, 6.45) is 3.49. The smallest absolute Gasteiger partial charge is 0.348 e. The summed E-state index contributed by atoms with van der Waals surface area (Å²) in [6.45, 7) is 1.83. The number of rotatable bonds is 4. The van der Waals surface area contributed by atoms with E-state index in [1.807, 2.05) is 17.5 Å². The van der Waals surface area contributed by atoms with Gasteiger partial charge in [-0.2, -0.15) is 5.26 Å². The maximum atomic E-state index is 13.4. The van der Waals surface area contributed by atoms with Crippen molar-refractivity contribution in [1.29, 1.82) is 5.26 Å². The molecule has 2 bridgehead atoms. The number of hydrogen-bond donors (Lipinski definition) is 2. The third-order valence-electron chi connectivity index (χ3n) is 5.48. The number of nitrogens with zero attached hydrogens (tertiary/aromatic N) is 1. The molecule has 1 aliphatic carbocycles.